The maximum absolute atomic E-state index is 10.2. The van der Waals surface area contributed by atoms with Crippen molar-refractivity contribution in [3.05, 3.63) is 17.2 Å². The minimum Gasteiger partial charge on any atom is -0.504 e. The summed E-state index contributed by atoms with van der Waals surface area (Å²) in [4.78, 5) is 0. The summed E-state index contributed by atoms with van der Waals surface area (Å²) in [5, 5.41) is 11.4. The van der Waals surface area contributed by atoms with E-state index < -0.39 is 0 Å². The van der Waals surface area contributed by atoms with Gasteiger partial charge in [0.15, 0.2) is 11.5 Å². The van der Waals surface area contributed by atoms with Crippen LogP contribution in [0.2, 0.25) is 0 Å². The highest BCUT2D eigenvalue weighted by molar-refractivity contribution is 9.09. The van der Waals surface area contributed by atoms with Crippen LogP contribution < -0.4 is 9.47 Å². The zero-order chi connectivity index (χ0) is 17.1. The minimum absolute atomic E-state index is 0.202. The van der Waals surface area contributed by atoms with Crippen LogP contribution in [0, 0.1) is 6.92 Å². The van der Waals surface area contributed by atoms with Gasteiger partial charge in [0, 0.05) is 5.33 Å². The lowest BCUT2D eigenvalue weighted by Gasteiger charge is -2.15. The second-order valence-electron chi connectivity index (χ2n) is 6.01. The van der Waals surface area contributed by atoms with Crippen molar-refractivity contribution in [3.63, 3.8) is 0 Å². The van der Waals surface area contributed by atoms with Crippen molar-refractivity contribution in [1.82, 2.24) is 0 Å². The van der Waals surface area contributed by atoms with Crippen LogP contribution in [-0.4, -0.2) is 24.7 Å². The predicted molar refractivity (Wildman–Crippen MR) is 100 cm³/mol. The fraction of sp³-hybridized carbons (Fsp3) is 0.684. The van der Waals surface area contributed by atoms with E-state index in [0.717, 1.165) is 29.3 Å². The van der Waals surface area contributed by atoms with Gasteiger partial charge >= 0.3 is 0 Å². The molecule has 0 unspecified atom stereocenters. The molecule has 0 amide bonds. The highest BCUT2D eigenvalue weighted by Gasteiger charge is 2.15. The van der Waals surface area contributed by atoms with E-state index >= 15 is 0 Å². The third kappa shape index (κ3) is 6.62. The van der Waals surface area contributed by atoms with Crippen LogP contribution in [0.25, 0.3) is 0 Å². The first kappa shape index (κ1) is 20.1. The van der Waals surface area contributed by atoms with E-state index in [1.54, 1.807) is 14.2 Å². The molecule has 23 heavy (non-hydrogen) atoms. The molecule has 0 heterocycles. The Bertz CT molecular complexity index is 460. The van der Waals surface area contributed by atoms with Gasteiger partial charge in [0.1, 0.15) is 0 Å². The summed E-state index contributed by atoms with van der Waals surface area (Å²) < 4.78 is 10.5. The van der Waals surface area contributed by atoms with Crippen molar-refractivity contribution in [3.8, 4) is 17.2 Å². The smallest absolute Gasteiger partial charge is 0.203 e. The van der Waals surface area contributed by atoms with Crippen molar-refractivity contribution in [2.24, 2.45) is 0 Å². The molecule has 0 radical (unpaired) electrons. The van der Waals surface area contributed by atoms with Crippen molar-refractivity contribution < 1.29 is 14.6 Å². The molecule has 0 atom stereocenters. The topological polar surface area (TPSA) is 38.7 Å². The van der Waals surface area contributed by atoms with Crippen molar-refractivity contribution in [2.75, 3.05) is 19.5 Å². The van der Waals surface area contributed by atoms with Crippen molar-refractivity contribution in [1.29, 1.82) is 0 Å². The van der Waals surface area contributed by atoms with Gasteiger partial charge in [-0.2, -0.15) is 0 Å². The lowest BCUT2D eigenvalue weighted by atomic mass is 9.99. The molecule has 0 spiro atoms. The van der Waals surface area contributed by atoms with Gasteiger partial charge in [0.05, 0.1) is 14.2 Å². The fourth-order valence-electron chi connectivity index (χ4n) is 2.85. The van der Waals surface area contributed by atoms with Crippen LogP contribution in [0.15, 0.2) is 6.07 Å². The van der Waals surface area contributed by atoms with E-state index in [-0.39, 0.29) is 5.75 Å². The number of unbranched alkanes of at least 4 members (excludes halogenated alkanes) is 7. The van der Waals surface area contributed by atoms with E-state index in [2.05, 4.69) is 15.9 Å². The molecule has 1 aromatic rings. The number of rotatable bonds is 12. The number of methoxy groups -OCH3 is 2. The molecular weight excluding hydrogens is 356 g/mol. The molecule has 0 aliphatic heterocycles. The molecule has 0 saturated carbocycles. The van der Waals surface area contributed by atoms with Gasteiger partial charge in [-0.25, -0.2) is 0 Å². The van der Waals surface area contributed by atoms with Crippen molar-refractivity contribution in [2.45, 2.75) is 64.7 Å². The number of aryl methyl sites for hydroxylation is 1. The van der Waals surface area contributed by atoms with Crippen LogP contribution in [0.4, 0.5) is 0 Å². The van der Waals surface area contributed by atoms with Crippen LogP contribution in [-0.2, 0) is 6.42 Å². The first-order valence-corrected chi connectivity index (χ1v) is 9.77. The summed E-state index contributed by atoms with van der Waals surface area (Å²) in [5.41, 5.74) is 2.05. The first-order chi connectivity index (χ1) is 11.2. The maximum atomic E-state index is 10.2. The highest BCUT2D eigenvalue weighted by Crippen LogP contribution is 2.41. The second kappa shape index (κ2) is 11.6. The molecule has 1 rings (SSSR count). The summed E-state index contributed by atoms with van der Waals surface area (Å²) in [5.74, 6) is 1.24. The Morgan fingerprint density at radius 2 is 1.48 bits per heavy atom. The van der Waals surface area contributed by atoms with Gasteiger partial charge < -0.3 is 14.6 Å². The van der Waals surface area contributed by atoms with Crippen LogP contribution >= 0.6 is 15.9 Å². The number of phenolic OH excluding ortho intramolecular Hbond substituents is 1. The molecule has 3 nitrogen and oxygen atoms in total. The molecule has 0 fully saturated rings. The largest absolute Gasteiger partial charge is 0.504 e. The molecular formula is C19H31BrO3. The zero-order valence-corrected chi connectivity index (χ0v) is 16.4. The van der Waals surface area contributed by atoms with E-state index in [9.17, 15) is 5.11 Å². The number of aromatic hydroxyl groups is 1. The highest BCUT2D eigenvalue weighted by atomic mass is 79.9. The van der Waals surface area contributed by atoms with Gasteiger partial charge in [0.2, 0.25) is 5.75 Å². The van der Waals surface area contributed by atoms with Gasteiger partial charge in [-0.15, -0.1) is 0 Å². The lowest BCUT2D eigenvalue weighted by Crippen LogP contribution is -1.97. The van der Waals surface area contributed by atoms with Gasteiger partial charge in [-0.1, -0.05) is 54.5 Å². The number of hydrogen-bond donors (Lipinski definition) is 1. The van der Waals surface area contributed by atoms with Crippen LogP contribution in [0.1, 0.15) is 62.5 Å². The number of ether oxygens (including phenoxy) is 2. The summed E-state index contributed by atoms with van der Waals surface area (Å²) >= 11 is 3.47. The molecule has 0 aromatic heterocycles. The van der Waals surface area contributed by atoms with Gasteiger partial charge in [-0.05, 0) is 43.4 Å². The number of alkyl halides is 1. The van der Waals surface area contributed by atoms with E-state index in [1.165, 1.54) is 44.9 Å². The molecule has 132 valence electrons. The van der Waals surface area contributed by atoms with E-state index in [4.69, 9.17) is 9.47 Å². The Kier molecular flexibility index (Phi) is 10.2. The standard InChI is InChI=1S/C19H31BrO3/c1-15-16(14-17(22-2)19(23-3)18(15)21)12-10-8-6-4-5-7-9-11-13-20/h14,21H,4-13H2,1-3H3. The summed E-state index contributed by atoms with van der Waals surface area (Å²) in [6, 6.07) is 1.99. The van der Waals surface area contributed by atoms with E-state index in [1.807, 2.05) is 13.0 Å². The molecule has 0 bridgehead atoms. The Morgan fingerprint density at radius 1 is 0.913 bits per heavy atom. The third-order valence-corrected chi connectivity index (χ3v) is 4.90. The molecule has 0 aliphatic rings. The predicted octanol–water partition coefficient (Wildman–Crippen LogP) is 5.78. The summed E-state index contributed by atoms with van der Waals surface area (Å²) in [6.45, 7) is 1.94. The van der Waals surface area contributed by atoms with Crippen LogP contribution in [0.3, 0.4) is 0 Å². The monoisotopic (exact) mass is 386 g/mol. The number of benzene rings is 1. The van der Waals surface area contributed by atoms with Gasteiger partial charge in [0.25, 0.3) is 0 Å². The summed E-state index contributed by atoms with van der Waals surface area (Å²) in [6.07, 6.45) is 11.3. The van der Waals surface area contributed by atoms with Gasteiger partial charge in [-0.3, -0.25) is 0 Å². The normalized spacial score (nSPS) is 10.8. The molecule has 1 aromatic carbocycles. The number of halogens is 1. The lowest BCUT2D eigenvalue weighted by molar-refractivity contribution is 0.331. The Morgan fingerprint density at radius 3 is 2.00 bits per heavy atom. The second-order valence-corrected chi connectivity index (χ2v) is 6.81. The maximum Gasteiger partial charge on any atom is 0.203 e. The molecule has 0 saturated heterocycles. The molecule has 0 aliphatic carbocycles. The number of hydrogen-bond acceptors (Lipinski definition) is 3. The Hall–Kier alpha value is -0.900. The molecule has 1 N–H and O–H groups in total. The Labute approximate surface area is 149 Å². The quantitative estimate of drug-likeness (QED) is 0.365. The van der Waals surface area contributed by atoms with Crippen LogP contribution in [0.5, 0.6) is 17.2 Å². The summed E-state index contributed by atoms with van der Waals surface area (Å²) in [7, 11) is 3.15. The SMILES string of the molecule is COc1cc(CCCCCCCCCCBr)c(C)c(O)c1OC. The third-order valence-electron chi connectivity index (χ3n) is 4.33. The molecule has 4 heteroatoms. The van der Waals surface area contributed by atoms with E-state index in [0.29, 0.717) is 11.5 Å². The average molecular weight is 387 g/mol. The fourth-order valence-corrected chi connectivity index (χ4v) is 3.25. The average Bonchev–Trinajstić information content (AvgIpc) is 2.56. The Balaban J connectivity index is 2.36. The van der Waals surface area contributed by atoms with Crippen molar-refractivity contribution >= 4 is 15.9 Å². The number of phenols is 1. The first-order valence-electron chi connectivity index (χ1n) is 8.65. The zero-order valence-electron chi connectivity index (χ0n) is 14.8. The minimum atomic E-state index is 0.202.